The van der Waals surface area contributed by atoms with Crippen LogP contribution in [0.1, 0.15) is 17.2 Å². The van der Waals surface area contributed by atoms with Crippen LogP contribution in [-0.2, 0) is 24.4 Å². The van der Waals surface area contributed by atoms with Crippen molar-refractivity contribution in [1.29, 1.82) is 0 Å². The highest BCUT2D eigenvalue weighted by atomic mass is 16.5. The minimum absolute atomic E-state index is 0.0120. The number of likely N-dealkylation sites (N-methyl/N-ethyl adjacent to an activating group) is 1. The number of aryl methyl sites for hydroxylation is 1. The first kappa shape index (κ1) is 15.4. The summed E-state index contributed by atoms with van der Waals surface area (Å²) in [6, 6.07) is 3.43. The van der Waals surface area contributed by atoms with Crippen molar-refractivity contribution in [1.82, 2.24) is 30.0 Å². The average molecular weight is 316 g/mol. The van der Waals surface area contributed by atoms with Gasteiger partial charge in [0.15, 0.2) is 0 Å². The second-order valence-electron chi connectivity index (χ2n) is 5.63. The van der Waals surface area contributed by atoms with Gasteiger partial charge in [-0.25, -0.2) is 4.98 Å². The van der Waals surface area contributed by atoms with Crippen LogP contribution in [0.2, 0.25) is 0 Å². The Labute approximate surface area is 134 Å². The molecule has 3 rings (SSSR count). The first-order chi connectivity index (χ1) is 11.1. The van der Waals surface area contributed by atoms with Crippen molar-refractivity contribution < 1.29 is 9.53 Å². The molecule has 23 heavy (non-hydrogen) atoms. The SMILES string of the molecule is COc1cc(CNC(=O)C2Cn3c(C)nnc3CN2C)ccn1. The predicted octanol–water partition coefficient (Wildman–Crippen LogP) is 0.121. The number of methoxy groups -OCH3 is 1. The molecule has 8 heteroatoms. The molecule has 122 valence electrons. The van der Waals surface area contributed by atoms with Gasteiger partial charge in [0.2, 0.25) is 11.8 Å². The number of carbonyl (C=O) groups excluding carboxylic acids is 1. The third kappa shape index (κ3) is 3.16. The van der Waals surface area contributed by atoms with Crippen LogP contribution in [-0.4, -0.2) is 50.8 Å². The van der Waals surface area contributed by atoms with Crippen molar-refractivity contribution in [2.24, 2.45) is 0 Å². The number of ether oxygens (including phenoxy) is 1. The van der Waals surface area contributed by atoms with Gasteiger partial charge in [0.25, 0.3) is 0 Å². The van der Waals surface area contributed by atoms with Crippen molar-refractivity contribution in [3.05, 3.63) is 35.5 Å². The van der Waals surface area contributed by atoms with E-state index in [0.717, 1.165) is 17.2 Å². The van der Waals surface area contributed by atoms with Crippen LogP contribution in [0.5, 0.6) is 5.88 Å². The standard InChI is InChI=1S/C15H20N6O2/c1-10-18-19-13-9-20(2)12(8-21(10)13)15(22)17-7-11-4-5-16-14(6-11)23-3/h4-6,12H,7-9H2,1-3H3,(H,17,22). The van der Waals surface area contributed by atoms with E-state index in [-0.39, 0.29) is 11.9 Å². The minimum Gasteiger partial charge on any atom is -0.481 e. The Morgan fingerprint density at radius 1 is 1.48 bits per heavy atom. The van der Waals surface area contributed by atoms with Crippen molar-refractivity contribution >= 4 is 5.91 Å². The molecule has 2 aromatic rings. The highest BCUT2D eigenvalue weighted by molar-refractivity contribution is 5.81. The van der Waals surface area contributed by atoms with E-state index < -0.39 is 0 Å². The zero-order chi connectivity index (χ0) is 16.4. The molecule has 0 spiro atoms. The molecule has 0 radical (unpaired) electrons. The zero-order valence-electron chi connectivity index (χ0n) is 13.5. The van der Waals surface area contributed by atoms with Crippen LogP contribution in [0.4, 0.5) is 0 Å². The van der Waals surface area contributed by atoms with Crippen molar-refractivity contribution in [2.45, 2.75) is 32.6 Å². The Balaban J connectivity index is 1.65. The zero-order valence-corrected chi connectivity index (χ0v) is 13.5. The van der Waals surface area contributed by atoms with E-state index >= 15 is 0 Å². The Bertz CT molecular complexity index is 714. The van der Waals surface area contributed by atoms with Crippen LogP contribution in [0.15, 0.2) is 18.3 Å². The summed E-state index contributed by atoms with van der Waals surface area (Å²) < 4.78 is 7.09. The third-order valence-electron chi connectivity index (χ3n) is 4.07. The fourth-order valence-corrected chi connectivity index (χ4v) is 2.69. The molecule has 0 aromatic carbocycles. The molecule has 0 fully saturated rings. The van der Waals surface area contributed by atoms with Gasteiger partial charge in [0, 0.05) is 18.8 Å². The summed E-state index contributed by atoms with van der Waals surface area (Å²) in [6.45, 7) is 3.52. The first-order valence-corrected chi connectivity index (χ1v) is 7.44. The lowest BCUT2D eigenvalue weighted by atomic mass is 10.1. The fraction of sp³-hybridized carbons (Fsp3) is 0.467. The first-order valence-electron chi connectivity index (χ1n) is 7.44. The second-order valence-corrected chi connectivity index (χ2v) is 5.63. The molecule has 1 aliphatic heterocycles. The van der Waals surface area contributed by atoms with Gasteiger partial charge in [-0.05, 0) is 25.6 Å². The van der Waals surface area contributed by atoms with Crippen LogP contribution in [0, 0.1) is 6.92 Å². The molecule has 0 aliphatic carbocycles. The van der Waals surface area contributed by atoms with E-state index in [2.05, 4.69) is 20.5 Å². The molecule has 1 atom stereocenters. The Kier molecular flexibility index (Phi) is 4.24. The average Bonchev–Trinajstić information content (AvgIpc) is 2.92. The Morgan fingerprint density at radius 3 is 3.09 bits per heavy atom. The number of aromatic nitrogens is 4. The number of rotatable bonds is 4. The predicted molar refractivity (Wildman–Crippen MR) is 82.6 cm³/mol. The van der Waals surface area contributed by atoms with Gasteiger partial charge < -0.3 is 14.6 Å². The number of fused-ring (bicyclic) bond motifs is 1. The maximum atomic E-state index is 12.5. The number of pyridine rings is 1. The van der Waals surface area contributed by atoms with Gasteiger partial charge >= 0.3 is 0 Å². The monoisotopic (exact) mass is 316 g/mol. The molecule has 1 amide bonds. The summed E-state index contributed by atoms with van der Waals surface area (Å²) >= 11 is 0. The van der Waals surface area contributed by atoms with Gasteiger partial charge in [-0.15, -0.1) is 10.2 Å². The second kappa shape index (κ2) is 6.33. The molecule has 1 N–H and O–H groups in total. The number of carbonyl (C=O) groups is 1. The molecule has 8 nitrogen and oxygen atoms in total. The molecule has 1 unspecified atom stereocenters. The summed E-state index contributed by atoms with van der Waals surface area (Å²) in [5.74, 6) is 2.26. The van der Waals surface area contributed by atoms with Gasteiger partial charge in [0.05, 0.1) is 20.2 Å². The molecule has 0 saturated heterocycles. The largest absolute Gasteiger partial charge is 0.481 e. The van der Waals surface area contributed by atoms with E-state index in [4.69, 9.17) is 4.74 Å². The van der Waals surface area contributed by atoms with Crippen LogP contribution in [0.3, 0.4) is 0 Å². The minimum atomic E-state index is -0.235. The van der Waals surface area contributed by atoms with Crippen LogP contribution < -0.4 is 10.1 Å². The van der Waals surface area contributed by atoms with Gasteiger partial charge in [-0.2, -0.15) is 0 Å². The van der Waals surface area contributed by atoms with Crippen LogP contribution in [0.25, 0.3) is 0 Å². The Hall–Kier alpha value is -2.48. The number of nitrogens with zero attached hydrogens (tertiary/aromatic N) is 5. The lowest BCUT2D eigenvalue weighted by Crippen LogP contribution is -2.50. The van der Waals surface area contributed by atoms with E-state index in [1.54, 1.807) is 13.3 Å². The molecular formula is C15H20N6O2. The molecule has 1 aliphatic rings. The molecule has 3 heterocycles. The topological polar surface area (TPSA) is 85.2 Å². The normalized spacial score (nSPS) is 17.6. The fourth-order valence-electron chi connectivity index (χ4n) is 2.69. The maximum Gasteiger partial charge on any atom is 0.239 e. The summed E-state index contributed by atoms with van der Waals surface area (Å²) in [4.78, 5) is 18.6. The quantitative estimate of drug-likeness (QED) is 0.862. The maximum absolute atomic E-state index is 12.5. The smallest absolute Gasteiger partial charge is 0.239 e. The summed E-state index contributed by atoms with van der Waals surface area (Å²) in [5.41, 5.74) is 0.949. The van der Waals surface area contributed by atoms with E-state index in [1.807, 2.05) is 35.6 Å². The number of amides is 1. The van der Waals surface area contributed by atoms with Gasteiger partial charge in [-0.3, -0.25) is 9.69 Å². The van der Waals surface area contributed by atoms with Crippen molar-refractivity contribution in [2.75, 3.05) is 14.2 Å². The van der Waals surface area contributed by atoms with E-state index in [9.17, 15) is 4.79 Å². The number of nitrogens with one attached hydrogen (secondary N) is 1. The van der Waals surface area contributed by atoms with Gasteiger partial charge in [0.1, 0.15) is 17.7 Å². The van der Waals surface area contributed by atoms with Gasteiger partial charge in [-0.1, -0.05) is 0 Å². The molecule has 0 bridgehead atoms. The Morgan fingerprint density at radius 2 is 2.30 bits per heavy atom. The van der Waals surface area contributed by atoms with Crippen LogP contribution >= 0.6 is 0 Å². The molecule has 0 saturated carbocycles. The highest BCUT2D eigenvalue weighted by Gasteiger charge is 2.30. The number of hydrogen-bond donors (Lipinski definition) is 1. The van der Waals surface area contributed by atoms with E-state index in [1.165, 1.54) is 0 Å². The summed E-state index contributed by atoms with van der Waals surface area (Å²) in [6.07, 6.45) is 1.67. The number of hydrogen-bond acceptors (Lipinski definition) is 6. The summed E-state index contributed by atoms with van der Waals surface area (Å²) in [5, 5.41) is 11.2. The summed E-state index contributed by atoms with van der Waals surface area (Å²) in [7, 11) is 3.49. The lowest BCUT2D eigenvalue weighted by molar-refractivity contribution is -0.127. The van der Waals surface area contributed by atoms with E-state index in [0.29, 0.717) is 25.5 Å². The van der Waals surface area contributed by atoms with Crippen molar-refractivity contribution in [3.8, 4) is 5.88 Å². The molecule has 2 aromatic heterocycles. The molecular weight excluding hydrogens is 296 g/mol. The highest BCUT2D eigenvalue weighted by Crippen LogP contribution is 2.16. The third-order valence-corrected chi connectivity index (χ3v) is 4.07. The van der Waals surface area contributed by atoms with Crippen molar-refractivity contribution in [3.63, 3.8) is 0 Å². The lowest BCUT2D eigenvalue weighted by Gasteiger charge is -2.32.